The summed E-state index contributed by atoms with van der Waals surface area (Å²) in [4.78, 5) is 13.2. The van der Waals surface area contributed by atoms with E-state index in [2.05, 4.69) is 5.16 Å². The average Bonchev–Trinajstić information content (AvgIpc) is 2.60. The number of carbonyl (C=O) groups excluding carboxylic acids is 1. The van der Waals surface area contributed by atoms with Crippen LogP contribution in [0.25, 0.3) is 0 Å². The van der Waals surface area contributed by atoms with Crippen LogP contribution in [0.2, 0.25) is 0 Å². The number of carbonyl (C=O) groups is 1. The molecule has 5 heteroatoms. The van der Waals surface area contributed by atoms with Crippen molar-refractivity contribution in [2.45, 2.75) is 13.8 Å². The molecule has 0 saturated carbocycles. The summed E-state index contributed by atoms with van der Waals surface area (Å²) in [5, 5.41) is 12.4. The second-order valence-corrected chi connectivity index (χ2v) is 2.94. The van der Waals surface area contributed by atoms with Gasteiger partial charge in [0.05, 0.1) is 12.3 Å². The number of nitrogens with zero attached hydrogens (tertiary/aromatic N) is 2. The van der Waals surface area contributed by atoms with Crippen molar-refractivity contribution in [1.29, 1.82) is 0 Å². The van der Waals surface area contributed by atoms with Crippen LogP contribution in [-0.4, -0.2) is 40.8 Å². The van der Waals surface area contributed by atoms with Gasteiger partial charge in [-0.25, -0.2) is 0 Å². The highest BCUT2D eigenvalue weighted by Gasteiger charge is 2.17. The molecule has 14 heavy (non-hydrogen) atoms. The molecule has 0 saturated heterocycles. The lowest BCUT2D eigenvalue weighted by molar-refractivity contribution is 0.0690. The van der Waals surface area contributed by atoms with E-state index in [0.717, 1.165) is 0 Å². The average molecular weight is 198 g/mol. The third kappa shape index (κ3) is 2.32. The Morgan fingerprint density at radius 2 is 2.43 bits per heavy atom. The number of aliphatic hydroxyl groups excluding tert-OH is 1. The van der Waals surface area contributed by atoms with Crippen molar-refractivity contribution in [3.05, 3.63) is 17.5 Å². The molecule has 0 bridgehead atoms. The Morgan fingerprint density at radius 1 is 1.71 bits per heavy atom. The van der Waals surface area contributed by atoms with Gasteiger partial charge >= 0.3 is 0 Å². The van der Waals surface area contributed by atoms with Crippen molar-refractivity contribution in [2.24, 2.45) is 0 Å². The zero-order valence-electron chi connectivity index (χ0n) is 8.36. The maximum Gasteiger partial charge on any atom is 0.292 e. The van der Waals surface area contributed by atoms with Gasteiger partial charge in [0.15, 0.2) is 0 Å². The fourth-order valence-corrected chi connectivity index (χ4v) is 1.14. The largest absolute Gasteiger partial charge is 0.395 e. The maximum atomic E-state index is 11.7. The molecule has 0 spiro atoms. The van der Waals surface area contributed by atoms with Crippen LogP contribution in [0, 0.1) is 6.92 Å². The summed E-state index contributed by atoms with van der Waals surface area (Å²) >= 11 is 0. The van der Waals surface area contributed by atoms with Crippen molar-refractivity contribution in [3.63, 3.8) is 0 Å². The fraction of sp³-hybridized carbons (Fsp3) is 0.556. The minimum absolute atomic E-state index is 0.0489. The van der Waals surface area contributed by atoms with Gasteiger partial charge in [-0.1, -0.05) is 5.16 Å². The van der Waals surface area contributed by atoms with Gasteiger partial charge in [-0.15, -0.1) is 0 Å². The first-order chi connectivity index (χ1) is 6.69. The predicted molar refractivity (Wildman–Crippen MR) is 49.9 cm³/mol. The number of hydrogen-bond acceptors (Lipinski definition) is 4. The monoisotopic (exact) mass is 198 g/mol. The highest BCUT2D eigenvalue weighted by molar-refractivity contribution is 5.91. The van der Waals surface area contributed by atoms with E-state index < -0.39 is 0 Å². The Kier molecular flexibility index (Phi) is 3.64. The molecule has 0 aromatic carbocycles. The zero-order chi connectivity index (χ0) is 10.6. The van der Waals surface area contributed by atoms with E-state index in [9.17, 15) is 4.79 Å². The van der Waals surface area contributed by atoms with Crippen LogP contribution in [-0.2, 0) is 0 Å². The first-order valence-electron chi connectivity index (χ1n) is 4.52. The van der Waals surface area contributed by atoms with Gasteiger partial charge in [-0.3, -0.25) is 4.79 Å². The summed E-state index contributed by atoms with van der Waals surface area (Å²) in [6.45, 7) is 4.40. The van der Waals surface area contributed by atoms with E-state index in [4.69, 9.17) is 9.63 Å². The second kappa shape index (κ2) is 4.76. The molecule has 1 amide bonds. The van der Waals surface area contributed by atoms with Crippen molar-refractivity contribution >= 4 is 5.91 Å². The summed E-state index contributed by atoms with van der Waals surface area (Å²) in [6, 6.07) is 1.59. The summed E-state index contributed by atoms with van der Waals surface area (Å²) in [7, 11) is 0. The fourth-order valence-electron chi connectivity index (χ4n) is 1.14. The molecule has 0 aliphatic heterocycles. The molecule has 0 aliphatic rings. The summed E-state index contributed by atoms with van der Waals surface area (Å²) in [5.74, 6) is -0.0139. The molecule has 1 aromatic heterocycles. The Hall–Kier alpha value is -1.36. The third-order valence-electron chi connectivity index (χ3n) is 1.88. The summed E-state index contributed by atoms with van der Waals surface area (Å²) < 4.78 is 4.83. The maximum absolute atomic E-state index is 11.7. The van der Waals surface area contributed by atoms with Crippen LogP contribution >= 0.6 is 0 Å². The van der Waals surface area contributed by atoms with Gasteiger partial charge in [-0.2, -0.15) is 0 Å². The topological polar surface area (TPSA) is 66.6 Å². The van der Waals surface area contributed by atoms with E-state index in [1.807, 2.05) is 6.92 Å². The molecule has 0 unspecified atom stereocenters. The Balaban J connectivity index is 2.72. The van der Waals surface area contributed by atoms with Gasteiger partial charge in [0.1, 0.15) is 0 Å². The van der Waals surface area contributed by atoms with Gasteiger partial charge < -0.3 is 14.5 Å². The van der Waals surface area contributed by atoms with E-state index in [0.29, 0.717) is 18.8 Å². The lowest BCUT2D eigenvalue weighted by Gasteiger charge is -2.17. The molecular formula is C9H14N2O3. The SMILES string of the molecule is CCN(CCO)C(=O)c1cc(C)no1. The van der Waals surface area contributed by atoms with Gasteiger partial charge in [0, 0.05) is 19.2 Å². The molecule has 5 nitrogen and oxygen atoms in total. The van der Waals surface area contributed by atoms with Crippen LogP contribution in [0.15, 0.2) is 10.6 Å². The Labute approximate surface area is 82.3 Å². The quantitative estimate of drug-likeness (QED) is 0.762. The summed E-state index contributed by atoms with van der Waals surface area (Å²) in [6.07, 6.45) is 0. The number of rotatable bonds is 4. The first-order valence-corrected chi connectivity index (χ1v) is 4.52. The Bertz CT molecular complexity index is 309. The lowest BCUT2D eigenvalue weighted by atomic mass is 10.3. The lowest BCUT2D eigenvalue weighted by Crippen LogP contribution is -2.33. The summed E-state index contributed by atoms with van der Waals surface area (Å²) in [5.41, 5.74) is 0.674. The van der Waals surface area contributed by atoms with Crippen LogP contribution in [0.4, 0.5) is 0 Å². The normalized spacial score (nSPS) is 10.2. The molecule has 78 valence electrons. The molecule has 0 fully saturated rings. The Morgan fingerprint density at radius 3 is 2.86 bits per heavy atom. The highest BCUT2D eigenvalue weighted by Crippen LogP contribution is 2.06. The van der Waals surface area contributed by atoms with Crippen molar-refractivity contribution in [2.75, 3.05) is 19.7 Å². The molecule has 0 aliphatic carbocycles. The predicted octanol–water partition coefficient (Wildman–Crippen LogP) is 0.437. The van der Waals surface area contributed by atoms with Crippen molar-refractivity contribution < 1.29 is 14.4 Å². The smallest absolute Gasteiger partial charge is 0.292 e. The zero-order valence-corrected chi connectivity index (χ0v) is 8.36. The first kappa shape index (κ1) is 10.7. The van der Waals surface area contributed by atoms with Gasteiger partial charge in [-0.05, 0) is 13.8 Å². The number of likely N-dealkylation sites (N-methyl/N-ethyl adjacent to an activating group) is 1. The molecule has 1 N–H and O–H groups in total. The molecule has 0 atom stereocenters. The van der Waals surface area contributed by atoms with Gasteiger partial charge in [0.2, 0.25) is 5.76 Å². The number of aryl methyl sites for hydroxylation is 1. The van der Waals surface area contributed by atoms with Crippen molar-refractivity contribution in [3.8, 4) is 0 Å². The van der Waals surface area contributed by atoms with E-state index in [1.54, 1.807) is 13.0 Å². The van der Waals surface area contributed by atoms with Crippen LogP contribution in [0.5, 0.6) is 0 Å². The molecule has 0 radical (unpaired) electrons. The molecule has 1 rings (SSSR count). The number of aliphatic hydroxyl groups is 1. The van der Waals surface area contributed by atoms with Crippen molar-refractivity contribution in [1.82, 2.24) is 10.1 Å². The molecular weight excluding hydrogens is 184 g/mol. The third-order valence-corrected chi connectivity index (χ3v) is 1.88. The number of hydrogen-bond donors (Lipinski definition) is 1. The van der Waals surface area contributed by atoms with E-state index in [-0.39, 0.29) is 18.3 Å². The second-order valence-electron chi connectivity index (χ2n) is 2.94. The molecule has 1 aromatic rings. The van der Waals surface area contributed by atoms with Crippen LogP contribution in [0.1, 0.15) is 23.2 Å². The van der Waals surface area contributed by atoms with E-state index in [1.165, 1.54) is 4.90 Å². The minimum atomic E-state index is -0.234. The standard InChI is InChI=1S/C9H14N2O3/c1-3-11(4-5-12)9(13)8-6-7(2)10-14-8/h6,12H,3-5H2,1-2H3. The molecule has 1 heterocycles. The number of aromatic nitrogens is 1. The van der Waals surface area contributed by atoms with E-state index >= 15 is 0 Å². The van der Waals surface area contributed by atoms with Gasteiger partial charge in [0.25, 0.3) is 5.91 Å². The van der Waals surface area contributed by atoms with Crippen LogP contribution in [0.3, 0.4) is 0 Å². The number of amides is 1. The highest BCUT2D eigenvalue weighted by atomic mass is 16.5. The minimum Gasteiger partial charge on any atom is -0.395 e. The van der Waals surface area contributed by atoms with Crippen LogP contribution < -0.4 is 0 Å².